The van der Waals surface area contributed by atoms with Crippen LogP contribution < -0.4 is 5.32 Å². The van der Waals surface area contributed by atoms with Gasteiger partial charge in [-0.15, -0.1) is 0 Å². The molecule has 1 aliphatic heterocycles. The van der Waals surface area contributed by atoms with E-state index in [0.717, 1.165) is 42.5 Å². The molecule has 0 saturated carbocycles. The molecule has 0 spiro atoms. The molecule has 6 heteroatoms. The summed E-state index contributed by atoms with van der Waals surface area (Å²) in [5, 5.41) is 4.81. The molecule has 1 aliphatic rings. The fourth-order valence-corrected chi connectivity index (χ4v) is 3.80. The first-order valence-electron chi connectivity index (χ1n) is 8.49. The maximum Gasteiger partial charge on any atom is 0.230 e. The zero-order valence-corrected chi connectivity index (χ0v) is 15.6. The minimum atomic E-state index is 0.0778. The van der Waals surface area contributed by atoms with Gasteiger partial charge in [0.15, 0.2) is 0 Å². The monoisotopic (exact) mass is 375 g/mol. The Hall–Kier alpha value is -1.56. The Morgan fingerprint density at radius 3 is 2.88 bits per heavy atom. The minimum Gasteiger partial charge on any atom is -0.351 e. The van der Waals surface area contributed by atoms with Gasteiger partial charge in [-0.25, -0.2) is 4.98 Å². The lowest BCUT2D eigenvalue weighted by atomic mass is 10.0. The SMILES string of the molecule is O=C(CSc1ccccn1)N[C@@H]1CCCN(Cc2ccc(Cl)cc2)C1. The Morgan fingerprint density at radius 1 is 1.28 bits per heavy atom. The summed E-state index contributed by atoms with van der Waals surface area (Å²) in [6.07, 6.45) is 3.89. The smallest absolute Gasteiger partial charge is 0.230 e. The predicted molar refractivity (Wildman–Crippen MR) is 103 cm³/mol. The molecule has 0 radical (unpaired) electrons. The number of hydrogen-bond donors (Lipinski definition) is 1. The van der Waals surface area contributed by atoms with E-state index < -0.39 is 0 Å². The summed E-state index contributed by atoms with van der Waals surface area (Å²) in [6.45, 7) is 2.85. The summed E-state index contributed by atoms with van der Waals surface area (Å²) in [7, 11) is 0. The molecule has 1 atom stereocenters. The third-order valence-corrected chi connectivity index (χ3v) is 5.37. The van der Waals surface area contributed by atoms with E-state index in [0.29, 0.717) is 5.75 Å². The third-order valence-electron chi connectivity index (χ3n) is 4.18. The van der Waals surface area contributed by atoms with Gasteiger partial charge in [-0.3, -0.25) is 9.69 Å². The molecule has 3 rings (SSSR count). The molecule has 1 fully saturated rings. The van der Waals surface area contributed by atoms with Crippen molar-refractivity contribution in [1.82, 2.24) is 15.2 Å². The number of amides is 1. The Morgan fingerprint density at radius 2 is 2.12 bits per heavy atom. The Labute approximate surface area is 158 Å². The van der Waals surface area contributed by atoms with E-state index >= 15 is 0 Å². The van der Waals surface area contributed by atoms with E-state index in [-0.39, 0.29) is 11.9 Å². The van der Waals surface area contributed by atoms with E-state index in [9.17, 15) is 4.79 Å². The summed E-state index contributed by atoms with van der Waals surface area (Å²) in [4.78, 5) is 18.8. The van der Waals surface area contributed by atoms with Crippen molar-refractivity contribution in [2.24, 2.45) is 0 Å². The lowest BCUT2D eigenvalue weighted by Gasteiger charge is -2.33. The molecule has 25 heavy (non-hydrogen) atoms. The first-order chi connectivity index (χ1) is 12.2. The van der Waals surface area contributed by atoms with Gasteiger partial charge in [-0.1, -0.05) is 41.6 Å². The van der Waals surface area contributed by atoms with Gasteiger partial charge in [0.05, 0.1) is 10.8 Å². The summed E-state index contributed by atoms with van der Waals surface area (Å²) >= 11 is 7.41. The van der Waals surface area contributed by atoms with Gasteiger partial charge in [0.25, 0.3) is 0 Å². The van der Waals surface area contributed by atoms with Crippen LogP contribution in [0.1, 0.15) is 18.4 Å². The number of likely N-dealkylation sites (tertiary alicyclic amines) is 1. The molecule has 0 aliphatic carbocycles. The highest BCUT2D eigenvalue weighted by molar-refractivity contribution is 7.99. The van der Waals surface area contributed by atoms with Crippen LogP contribution in [-0.2, 0) is 11.3 Å². The third kappa shape index (κ3) is 6.03. The lowest BCUT2D eigenvalue weighted by molar-refractivity contribution is -0.119. The summed E-state index contributed by atoms with van der Waals surface area (Å²) < 4.78 is 0. The van der Waals surface area contributed by atoms with E-state index in [1.807, 2.05) is 30.3 Å². The molecular formula is C19H22ClN3OS. The number of carbonyl (C=O) groups is 1. The van der Waals surface area contributed by atoms with Gasteiger partial charge < -0.3 is 5.32 Å². The highest BCUT2D eigenvalue weighted by Gasteiger charge is 2.21. The second-order valence-corrected chi connectivity index (χ2v) is 7.66. The number of piperidine rings is 1. The molecule has 2 aromatic rings. The zero-order chi connectivity index (χ0) is 17.5. The van der Waals surface area contributed by atoms with Crippen molar-refractivity contribution in [3.05, 3.63) is 59.2 Å². The van der Waals surface area contributed by atoms with E-state index in [2.05, 4.69) is 27.3 Å². The number of nitrogens with one attached hydrogen (secondary N) is 1. The molecule has 0 bridgehead atoms. The molecule has 1 N–H and O–H groups in total. The van der Waals surface area contributed by atoms with Crippen molar-refractivity contribution < 1.29 is 4.79 Å². The summed E-state index contributed by atoms with van der Waals surface area (Å²) in [5.41, 5.74) is 1.25. The van der Waals surface area contributed by atoms with Crippen LogP contribution in [0.5, 0.6) is 0 Å². The van der Waals surface area contributed by atoms with Crippen LogP contribution in [0.25, 0.3) is 0 Å². The largest absolute Gasteiger partial charge is 0.351 e. The predicted octanol–water partition coefficient (Wildman–Crippen LogP) is 3.61. The molecule has 1 saturated heterocycles. The second kappa shape index (κ2) is 9.22. The average molecular weight is 376 g/mol. The maximum atomic E-state index is 12.2. The Kier molecular flexibility index (Phi) is 6.73. The van der Waals surface area contributed by atoms with E-state index in [1.165, 1.54) is 17.3 Å². The number of nitrogens with zero attached hydrogens (tertiary/aromatic N) is 2. The quantitative estimate of drug-likeness (QED) is 0.783. The first kappa shape index (κ1) is 18.2. The molecule has 1 amide bonds. The van der Waals surface area contributed by atoms with Crippen LogP contribution >= 0.6 is 23.4 Å². The highest BCUT2D eigenvalue weighted by atomic mass is 35.5. The van der Waals surface area contributed by atoms with Crippen molar-refractivity contribution in [3.8, 4) is 0 Å². The number of aromatic nitrogens is 1. The number of halogens is 1. The molecule has 1 aromatic carbocycles. The minimum absolute atomic E-state index is 0.0778. The standard InChI is InChI=1S/C19H22ClN3OS/c20-16-8-6-15(7-9-16)12-23-11-3-4-17(13-23)22-18(24)14-25-19-5-1-2-10-21-19/h1-2,5-10,17H,3-4,11-14H2,(H,22,24)/t17-/m1/s1. The van der Waals surface area contributed by atoms with Gasteiger partial charge in [0.2, 0.25) is 5.91 Å². The molecule has 1 aromatic heterocycles. The fourth-order valence-electron chi connectivity index (χ4n) is 3.01. The van der Waals surface area contributed by atoms with Gasteiger partial charge >= 0.3 is 0 Å². The zero-order valence-electron chi connectivity index (χ0n) is 14.0. The van der Waals surface area contributed by atoms with Crippen LogP contribution in [0.2, 0.25) is 5.02 Å². The fraction of sp³-hybridized carbons (Fsp3) is 0.368. The van der Waals surface area contributed by atoms with Gasteiger partial charge in [0.1, 0.15) is 0 Å². The van der Waals surface area contributed by atoms with Crippen molar-refractivity contribution in [2.75, 3.05) is 18.8 Å². The van der Waals surface area contributed by atoms with Crippen LogP contribution in [0, 0.1) is 0 Å². The van der Waals surface area contributed by atoms with Crippen molar-refractivity contribution >= 4 is 29.3 Å². The normalized spacial score (nSPS) is 18.0. The van der Waals surface area contributed by atoms with Crippen LogP contribution in [0.3, 0.4) is 0 Å². The van der Waals surface area contributed by atoms with Gasteiger partial charge in [-0.05, 0) is 49.2 Å². The Balaban J connectivity index is 1.44. The van der Waals surface area contributed by atoms with Crippen molar-refractivity contribution in [1.29, 1.82) is 0 Å². The number of benzene rings is 1. The molecule has 4 nitrogen and oxygen atoms in total. The van der Waals surface area contributed by atoms with Gasteiger partial charge in [0, 0.05) is 30.4 Å². The van der Waals surface area contributed by atoms with Crippen LogP contribution in [-0.4, -0.2) is 40.7 Å². The molecule has 0 unspecified atom stereocenters. The van der Waals surface area contributed by atoms with Crippen molar-refractivity contribution in [2.45, 2.75) is 30.5 Å². The number of thioether (sulfide) groups is 1. The van der Waals surface area contributed by atoms with Crippen molar-refractivity contribution in [3.63, 3.8) is 0 Å². The number of pyridine rings is 1. The second-order valence-electron chi connectivity index (χ2n) is 6.22. The highest BCUT2D eigenvalue weighted by Crippen LogP contribution is 2.17. The molecule has 2 heterocycles. The summed E-state index contributed by atoms with van der Waals surface area (Å²) in [5.74, 6) is 0.485. The average Bonchev–Trinajstić information content (AvgIpc) is 2.63. The van der Waals surface area contributed by atoms with Gasteiger partial charge in [-0.2, -0.15) is 0 Å². The molecule has 132 valence electrons. The van der Waals surface area contributed by atoms with Crippen LogP contribution in [0.15, 0.2) is 53.7 Å². The van der Waals surface area contributed by atoms with E-state index in [1.54, 1.807) is 6.20 Å². The Bertz CT molecular complexity index is 681. The van der Waals surface area contributed by atoms with Crippen LogP contribution in [0.4, 0.5) is 0 Å². The van der Waals surface area contributed by atoms with E-state index in [4.69, 9.17) is 11.6 Å². The molecular weight excluding hydrogens is 354 g/mol. The summed E-state index contributed by atoms with van der Waals surface area (Å²) in [6, 6.07) is 13.9. The topological polar surface area (TPSA) is 45.2 Å². The lowest BCUT2D eigenvalue weighted by Crippen LogP contribution is -2.47. The number of hydrogen-bond acceptors (Lipinski definition) is 4. The number of rotatable bonds is 6. The first-order valence-corrected chi connectivity index (χ1v) is 9.85. The number of carbonyl (C=O) groups excluding carboxylic acids is 1. The maximum absolute atomic E-state index is 12.2.